The fourth-order valence-electron chi connectivity index (χ4n) is 1.70. The maximum absolute atomic E-state index is 10.8. The standard InChI is InChI=1S/C12H18N4O7/c13-11(22)8(19)6(17)1-4-2-15-3-5(16-4)7(18)9(20)10(21)12(14)23/h2-3,6-10,17-21H,1H2,(H2,13,22)(H2,14,23)/t6-,7+,8-,9-,10-/m0/s1. The molecule has 9 N–H and O–H groups in total. The normalized spacial score (nSPS) is 17.8. The van der Waals surface area contributed by atoms with E-state index in [2.05, 4.69) is 9.97 Å². The van der Waals surface area contributed by atoms with Crippen molar-refractivity contribution in [1.82, 2.24) is 9.97 Å². The summed E-state index contributed by atoms with van der Waals surface area (Å²) in [6.07, 6.45) is -7.15. The molecule has 5 atom stereocenters. The summed E-state index contributed by atoms with van der Waals surface area (Å²) in [7, 11) is 0. The summed E-state index contributed by atoms with van der Waals surface area (Å²) in [4.78, 5) is 29.1. The zero-order valence-electron chi connectivity index (χ0n) is 11.9. The highest BCUT2D eigenvalue weighted by molar-refractivity contribution is 5.79. The minimum absolute atomic E-state index is 0.0649. The van der Waals surface area contributed by atoms with E-state index in [1.165, 1.54) is 6.20 Å². The van der Waals surface area contributed by atoms with E-state index in [1.54, 1.807) is 0 Å². The number of rotatable bonds is 8. The van der Waals surface area contributed by atoms with Gasteiger partial charge in [-0.15, -0.1) is 0 Å². The Labute approximate surface area is 130 Å². The molecule has 0 aliphatic heterocycles. The van der Waals surface area contributed by atoms with Crippen LogP contribution in [0.25, 0.3) is 0 Å². The van der Waals surface area contributed by atoms with E-state index in [9.17, 15) is 35.1 Å². The van der Waals surface area contributed by atoms with Gasteiger partial charge in [0.25, 0.3) is 0 Å². The molecular weight excluding hydrogens is 312 g/mol. The summed E-state index contributed by atoms with van der Waals surface area (Å²) >= 11 is 0. The third-order valence-corrected chi connectivity index (χ3v) is 3.02. The van der Waals surface area contributed by atoms with E-state index in [0.717, 1.165) is 6.20 Å². The molecule has 0 aliphatic carbocycles. The van der Waals surface area contributed by atoms with Crippen molar-refractivity contribution in [1.29, 1.82) is 0 Å². The Morgan fingerprint density at radius 2 is 1.57 bits per heavy atom. The molecule has 0 unspecified atom stereocenters. The van der Waals surface area contributed by atoms with Crippen LogP contribution in [0.1, 0.15) is 17.5 Å². The first kappa shape index (κ1) is 18.9. The van der Waals surface area contributed by atoms with Gasteiger partial charge in [0.2, 0.25) is 11.8 Å². The lowest BCUT2D eigenvalue weighted by Gasteiger charge is -2.21. The summed E-state index contributed by atoms with van der Waals surface area (Å²) in [6, 6.07) is 0. The third-order valence-electron chi connectivity index (χ3n) is 3.02. The molecule has 11 nitrogen and oxygen atoms in total. The highest BCUT2D eigenvalue weighted by atomic mass is 16.4. The summed E-state index contributed by atoms with van der Waals surface area (Å²) in [5, 5.41) is 47.7. The molecule has 1 rings (SSSR count). The van der Waals surface area contributed by atoms with Gasteiger partial charge in [-0.25, -0.2) is 0 Å². The minimum Gasteiger partial charge on any atom is -0.389 e. The number of nitrogens with two attached hydrogens (primary N) is 2. The Kier molecular flexibility index (Phi) is 6.48. The molecule has 1 aromatic heterocycles. The molecule has 0 saturated carbocycles. The Hall–Kier alpha value is -2.18. The van der Waals surface area contributed by atoms with Gasteiger partial charge in [0.05, 0.1) is 23.7 Å². The Morgan fingerprint density at radius 1 is 1.00 bits per heavy atom. The molecule has 0 radical (unpaired) electrons. The quantitative estimate of drug-likeness (QED) is 0.244. The predicted molar refractivity (Wildman–Crippen MR) is 73.1 cm³/mol. The van der Waals surface area contributed by atoms with Gasteiger partial charge < -0.3 is 37.0 Å². The van der Waals surface area contributed by atoms with Crippen molar-refractivity contribution in [2.75, 3.05) is 0 Å². The van der Waals surface area contributed by atoms with Crippen molar-refractivity contribution in [2.45, 2.75) is 36.9 Å². The van der Waals surface area contributed by atoms with Gasteiger partial charge in [0.15, 0.2) is 12.2 Å². The minimum atomic E-state index is -2.02. The first-order valence-electron chi connectivity index (χ1n) is 6.45. The van der Waals surface area contributed by atoms with Gasteiger partial charge in [0.1, 0.15) is 12.2 Å². The fraction of sp³-hybridized carbons (Fsp3) is 0.500. The lowest BCUT2D eigenvalue weighted by molar-refractivity contribution is -0.137. The third kappa shape index (κ3) is 4.91. The van der Waals surface area contributed by atoms with Crippen LogP contribution in [0.3, 0.4) is 0 Å². The second-order valence-corrected chi connectivity index (χ2v) is 4.84. The maximum Gasteiger partial charge on any atom is 0.249 e. The monoisotopic (exact) mass is 330 g/mol. The number of aliphatic hydroxyl groups is 5. The number of aliphatic hydroxyl groups excluding tert-OH is 5. The summed E-state index contributed by atoms with van der Waals surface area (Å²) in [5.74, 6) is -2.36. The number of hydrogen-bond donors (Lipinski definition) is 7. The molecule has 0 aromatic carbocycles. The predicted octanol–water partition coefficient (Wildman–Crippen LogP) is -4.53. The highest BCUT2D eigenvalue weighted by Crippen LogP contribution is 2.17. The lowest BCUT2D eigenvalue weighted by Crippen LogP contribution is -2.42. The molecule has 1 aromatic rings. The topological polar surface area (TPSA) is 213 Å². The van der Waals surface area contributed by atoms with E-state index in [-0.39, 0.29) is 17.8 Å². The molecule has 2 amide bonds. The lowest BCUT2D eigenvalue weighted by atomic mass is 10.0. The molecule has 0 saturated heterocycles. The average Bonchev–Trinajstić information content (AvgIpc) is 2.51. The van der Waals surface area contributed by atoms with Gasteiger partial charge in [-0.05, 0) is 0 Å². The zero-order chi connectivity index (χ0) is 17.7. The van der Waals surface area contributed by atoms with E-state index in [4.69, 9.17) is 11.5 Å². The van der Waals surface area contributed by atoms with Gasteiger partial charge in [-0.3, -0.25) is 19.6 Å². The van der Waals surface area contributed by atoms with Gasteiger partial charge in [-0.1, -0.05) is 0 Å². The van der Waals surface area contributed by atoms with Crippen LogP contribution < -0.4 is 11.5 Å². The zero-order valence-corrected chi connectivity index (χ0v) is 11.9. The first-order valence-corrected chi connectivity index (χ1v) is 6.45. The number of carbonyl (C=O) groups excluding carboxylic acids is 2. The smallest absolute Gasteiger partial charge is 0.249 e. The van der Waals surface area contributed by atoms with Crippen LogP contribution >= 0.6 is 0 Å². The van der Waals surface area contributed by atoms with Crippen molar-refractivity contribution >= 4 is 11.8 Å². The Balaban J connectivity index is 2.88. The van der Waals surface area contributed by atoms with Crippen molar-refractivity contribution < 1.29 is 35.1 Å². The van der Waals surface area contributed by atoms with E-state index in [1.807, 2.05) is 0 Å². The van der Waals surface area contributed by atoms with Gasteiger partial charge >= 0.3 is 0 Å². The first-order chi connectivity index (χ1) is 10.6. The van der Waals surface area contributed by atoms with Crippen LogP contribution in [0.2, 0.25) is 0 Å². The molecular formula is C12H18N4O7. The van der Waals surface area contributed by atoms with Crippen LogP contribution in [0.15, 0.2) is 12.4 Å². The second-order valence-electron chi connectivity index (χ2n) is 4.84. The number of primary amides is 2. The molecule has 1 heterocycles. The van der Waals surface area contributed by atoms with Crippen LogP contribution in [-0.4, -0.2) is 71.7 Å². The largest absolute Gasteiger partial charge is 0.389 e. The number of hydrogen-bond acceptors (Lipinski definition) is 9. The molecule has 0 fully saturated rings. The fourth-order valence-corrected chi connectivity index (χ4v) is 1.70. The summed E-state index contributed by atoms with van der Waals surface area (Å²) < 4.78 is 0. The Bertz CT molecular complexity index is 570. The molecule has 0 aliphatic rings. The van der Waals surface area contributed by atoms with Crippen molar-refractivity contribution in [3.05, 3.63) is 23.8 Å². The van der Waals surface area contributed by atoms with Crippen molar-refractivity contribution in [3.63, 3.8) is 0 Å². The van der Waals surface area contributed by atoms with E-state index < -0.39 is 42.3 Å². The van der Waals surface area contributed by atoms with Crippen LogP contribution in [-0.2, 0) is 16.0 Å². The second kappa shape index (κ2) is 7.89. The molecule has 0 bridgehead atoms. The average molecular weight is 330 g/mol. The Morgan fingerprint density at radius 3 is 2.09 bits per heavy atom. The van der Waals surface area contributed by atoms with Crippen molar-refractivity contribution in [2.24, 2.45) is 11.5 Å². The van der Waals surface area contributed by atoms with Gasteiger partial charge in [0, 0.05) is 12.6 Å². The van der Waals surface area contributed by atoms with E-state index >= 15 is 0 Å². The number of nitrogens with zero attached hydrogens (tertiary/aromatic N) is 2. The molecule has 23 heavy (non-hydrogen) atoms. The van der Waals surface area contributed by atoms with Crippen LogP contribution in [0.4, 0.5) is 0 Å². The molecule has 128 valence electrons. The number of amides is 2. The summed E-state index contributed by atoms with van der Waals surface area (Å²) in [5.41, 5.74) is 9.50. The SMILES string of the molecule is NC(=O)[C@@H](O)[C@@H](O)[C@H](O)c1cncc(C[C@H](O)[C@H](O)C(N)=O)n1. The maximum atomic E-state index is 10.8. The number of carbonyl (C=O) groups is 2. The van der Waals surface area contributed by atoms with E-state index in [0.29, 0.717) is 0 Å². The summed E-state index contributed by atoms with van der Waals surface area (Å²) in [6.45, 7) is 0. The highest BCUT2D eigenvalue weighted by Gasteiger charge is 2.31. The molecule has 11 heteroatoms. The van der Waals surface area contributed by atoms with Crippen molar-refractivity contribution in [3.8, 4) is 0 Å². The van der Waals surface area contributed by atoms with Crippen LogP contribution in [0.5, 0.6) is 0 Å². The van der Waals surface area contributed by atoms with Gasteiger partial charge in [-0.2, -0.15) is 0 Å². The number of aromatic nitrogens is 2. The molecule has 0 spiro atoms. The van der Waals surface area contributed by atoms with Crippen LogP contribution in [0, 0.1) is 0 Å².